The first-order valence-electron chi connectivity index (χ1n) is 2.95. The molecular weight excluding hydrogens is 146 g/mol. The summed E-state index contributed by atoms with van der Waals surface area (Å²) >= 11 is 1.51. The second kappa shape index (κ2) is 2.94. The topological polar surface area (TPSA) is 33.1 Å². The van der Waals surface area contributed by atoms with Gasteiger partial charge < -0.3 is 5.11 Å². The minimum absolute atomic E-state index is 0.0176. The summed E-state index contributed by atoms with van der Waals surface area (Å²) in [6, 6.07) is 0. The Bertz CT molecular complexity index is 242. The Morgan fingerprint density at radius 3 is 2.90 bits per heavy atom. The summed E-state index contributed by atoms with van der Waals surface area (Å²) in [5.41, 5.74) is 1.67. The van der Waals surface area contributed by atoms with E-state index < -0.39 is 0 Å². The first-order chi connectivity index (χ1) is 4.74. The summed E-state index contributed by atoms with van der Waals surface area (Å²) in [4.78, 5) is 4.10. The highest BCUT2D eigenvalue weighted by molar-refractivity contribution is 7.10. The maximum Gasteiger partial charge on any atom is 0.118 e. The van der Waals surface area contributed by atoms with Gasteiger partial charge in [-0.25, -0.2) is 4.98 Å². The minimum atomic E-state index is 0.0176. The van der Waals surface area contributed by atoms with E-state index in [4.69, 9.17) is 5.11 Å². The molecule has 0 saturated heterocycles. The van der Waals surface area contributed by atoms with Gasteiger partial charge in [0.2, 0.25) is 0 Å². The lowest BCUT2D eigenvalue weighted by Crippen LogP contribution is -1.82. The quantitative estimate of drug-likeness (QED) is 0.704. The first kappa shape index (κ1) is 7.44. The zero-order valence-corrected chi connectivity index (χ0v) is 6.61. The van der Waals surface area contributed by atoms with Crippen LogP contribution < -0.4 is 0 Å². The van der Waals surface area contributed by atoms with Gasteiger partial charge >= 0.3 is 0 Å². The van der Waals surface area contributed by atoms with Gasteiger partial charge in [0.05, 0.1) is 12.3 Å². The number of aromatic nitrogens is 1. The Kier molecular flexibility index (Phi) is 2.19. The molecule has 1 heterocycles. The monoisotopic (exact) mass is 155 g/mol. The zero-order chi connectivity index (χ0) is 7.56. The smallest absolute Gasteiger partial charge is 0.118 e. The molecule has 0 spiro atoms. The van der Waals surface area contributed by atoms with Crippen LogP contribution in [0.1, 0.15) is 17.6 Å². The molecule has 3 heteroatoms. The Hall–Kier alpha value is -0.670. The van der Waals surface area contributed by atoms with Crippen LogP contribution in [0.15, 0.2) is 12.0 Å². The molecule has 0 fully saturated rings. The maximum absolute atomic E-state index is 8.65. The van der Waals surface area contributed by atoms with Crippen molar-refractivity contribution in [3.05, 3.63) is 22.7 Å². The second-order valence-corrected chi connectivity index (χ2v) is 2.94. The van der Waals surface area contributed by atoms with E-state index in [0.29, 0.717) is 0 Å². The van der Waals surface area contributed by atoms with Gasteiger partial charge in [-0.2, -0.15) is 0 Å². The van der Waals surface area contributed by atoms with Crippen molar-refractivity contribution in [2.75, 3.05) is 0 Å². The average Bonchev–Trinajstić information content (AvgIpc) is 2.34. The van der Waals surface area contributed by atoms with Gasteiger partial charge in [-0.3, -0.25) is 0 Å². The molecule has 0 radical (unpaired) electrons. The van der Waals surface area contributed by atoms with Gasteiger partial charge in [0.1, 0.15) is 5.01 Å². The Morgan fingerprint density at radius 2 is 2.60 bits per heavy atom. The lowest BCUT2D eigenvalue weighted by Gasteiger charge is -1.87. The van der Waals surface area contributed by atoms with Crippen LogP contribution in [0, 0.1) is 0 Å². The van der Waals surface area contributed by atoms with Crippen molar-refractivity contribution in [3.63, 3.8) is 0 Å². The summed E-state index contributed by atoms with van der Waals surface area (Å²) in [5.74, 6) is 0. The molecule has 10 heavy (non-hydrogen) atoms. The summed E-state index contributed by atoms with van der Waals surface area (Å²) in [6.07, 6.45) is 0. The highest BCUT2D eigenvalue weighted by atomic mass is 32.1. The molecule has 1 rings (SSSR count). The van der Waals surface area contributed by atoms with E-state index >= 15 is 0 Å². The van der Waals surface area contributed by atoms with Crippen LogP contribution in [0.3, 0.4) is 0 Å². The lowest BCUT2D eigenvalue weighted by atomic mass is 10.4. The number of aliphatic hydroxyl groups is 1. The number of rotatable bonds is 2. The van der Waals surface area contributed by atoms with Gasteiger partial charge in [-0.05, 0) is 12.5 Å². The number of nitrogens with zero attached hydrogens (tertiary/aromatic N) is 1. The van der Waals surface area contributed by atoms with Crippen LogP contribution in [-0.2, 0) is 6.61 Å². The fourth-order valence-corrected chi connectivity index (χ4v) is 1.32. The number of hydrogen-bond acceptors (Lipinski definition) is 3. The Balaban J connectivity index is 2.88. The van der Waals surface area contributed by atoms with Gasteiger partial charge in [-0.1, -0.05) is 6.58 Å². The molecule has 1 aromatic rings. The van der Waals surface area contributed by atoms with Crippen LogP contribution in [0.5, 0.6) is 0 Å². The molecule has 0 amide bonds. The highest BCUT2D eigenvalue weighted by Gasteiger charge is 1.99. The minimum Gasteiger partial charge on any atom is -0.390 e. The third kappa shape index (κ3) is 1.43. The molecule has 54 valence electrons. The van der Waals surface area contributed by atoms with Crippen LogP contribution in [0.4, 0.5) is 0 Å². The largest absolute Gasteiger partial charge is 0.390 e. The molecule has 0 saturated carbocycles. The van der Waals surface area contributed by atoms with E-state index in [1.165, 1.54) is 11.3 Å². The fraction of sp³-hybridized carbons (Fsp3) is 0.286. The molecule has 0 bridgehead atoms. The van der Waals surface area contributed by atoms with Crippen LogP contribution in [-0.4, -0.2) is 10.1 Å². The molecular formula is C7H9NOS. The van der Waals surface area contributed by atoms with E-state index in [2.05, 4.69) is 11.6 Å². The van der Waals surface area contributed by atoms with Crippen molar-refractivity contribution < 1.29 is 5.11 Å². The predicted molar refractivity (Wildman–Crippen MR) is 42.7 cm³/mol. The maximum atomic E-state index is 8.65. The first-order valence-corrected chi connectivity index (χ1v) is 3.83. The standard InChI is InChI=1S/C7H9NOS/c1-5(2)7-8-6(3-9)4-10-7/h4,9H,1,3H2,2H3. The van der Waals surface area contributed by atoms with Crippen molar-refractivity contribution in [2.45, 2.75) is 13.5 Å². The number of hydrogen-bond donors (Lipinski definition) is 1. The average molecular weight is 155 g/mol. The van der Waals surface area contributed by atoms with Crippen molar-refractivity contribution in [2.24, 2.45) is 0 Å². The van der Waals surface area contributed by atoms with Gasteiger partial charge in [-0.15, -0.1) is 11.3 Å². The predicted octanol–water partition coefficient (Wildman–Crippen LogP) is 1.67. The van der Waals surface area contributed by atoms with Crippen molar-refractivity contribution >= 4 is 16.9 Å². The molecule has 0 aliphatic rings. The van der Waals surface area contributed by atoms with E-state index in [-0.39, 0.29) is 6.61 Å². The molecule has 0 aliphatic carbocycles. The zero-order valence-electron chi connectivity index (χ0n) is 5.79. The van der Waals surface area contributed by atoms with Crippen molar-refractivity contribution in [1.29, 1.82) is 0 Å². The fourth-order valence-electron chi connectivity index (χ4n) is 0.576. The van der Waals surface area contributed by atoms with Crippen LogP contribution >= 0.6 is 11.3 Å². The molecule has 1 N–H and O–H groups in total. The van der Waals surface area contributed by atoms with Gasteiger partial charge in [0.15, 0.2) is 0 Å². The van der Waals surface area contributed by atoms with Gasteiger partial charge in [0, 0.05) is 5.38 Å². The third-order valence-electron chi connectivity index (χ3n) is 1.08. The van der Waals surface area contributed by atoms with E-state index in [1.54, 1.807) is 0 Å². The normalized spacial score (nSPS) is 9.80. The van der Waals surface area contributed by atoms with Crippen LogP contribution in [0.25, 0.3) is 5.57 Å². The Labute approximate surface area is 63.9 Å². The van der Waals surface area contributed by atoms with Crippen molar-refractivity contribution in [3.8, 4) is 0 Å². The van der Waals surface area contributed by atoms with Gasteiger partial charge in [0.25, 0.3) is 0 Å². The van der Waals surface area contributed by atoms with Crippen molar-refractivity contribution in [1.82, 2.24) is 4.98 Å². The summed E-state index contributed by atoms with van der Waals surface area (Å²) in [7, 11) is 0. The molecule has 0 atom stereocenters. The van der Waals surface area contributed by atoms with Crippen LogP contribution in [0.2, 0.25) is 0 Å². The summed E-state index contributed by atoms with van der Waals surface area (Å²) < 4.78 is 0. The Morgan fingerprint density at radius 1 is 1.90 bits per heavy atom. The molecule has 2 nitrogen and oxygen atoms in total. The molecule has 0 unspecified atom stereocenters. The third-order valence-corrected chi connectivity index (χ3v) is 2.13. The summed E-state index contributed by atoms with van der Waals surface area (Å²) in [5, 5.41) is 11.4. The van der Waals surface area contributed by atoms with E-state index in [0.717, 1.165) is 16.3 Å². The number of allylic oxidation sites excluding steroid dienone is 1. The van der Waals surface area contributed by atoms with E-state index in [1.807, 2.05) is 12.3 Å². The molecule has 0 aromatic carbocycles. The molecule has 1 aromatic heterocycles. The lowest BCUT2D eigenvalue weighted by molar-refractivity contribution is 0.277. The second-order valence-electron chi connectivity index (χ2n) is 2.08. The SMILES string of the molecule is C=C(C)c1nc(CO)cs1. The number of aliphatic hydroxyl groups excluding tert-OH is 1. The highest BCUT2D eigenvalue weighted by Crippen LogP contribution is 2.16. The van der Waals surface area contributed by atoms with E-state index in [9.17, 15) is 0 Å². The number of thiazole rings is 1. The molecule has 0 aliphatic heterocycles. The summed E-state index contributed by atoms with van der Waals surface area (Å²) in [6.45, 7) is 5.66.